The molecule has 0 aliphatic heterocycles. The van der Waals surface area contributed by atoms with E-state index in [9.17, 15) is 4.79 Å². The number of nitrogens with zero attached hydrogens (tertiary/aromatic N) is 1. The monoisotopic (exact) mass is 407 g/mol. The summed E-state index contributed by atoms with van der Waals surface area (Å²) in [7, 11) is 0. The molecule has 0 amide bonds. The standard InChI is InChI=1S/C25H29NO2S/c1-6-28-24(27)25(4,5)29-23-13-14-26-16-19(23)15-18-11-12-20(17(2)3)22-10-8-7-9-21(18)22/h7-14,16-17H,6,15H2,1-5H3. The SMILES string of the molecule is CCOC(=O)C(C)(C)Sc1ccncc1Cc1ccc(C(C)C)c2ccccc12. The summed E-state index contributed by atoms with van der Waals surface area (Å²) in [5.74, 6) is 0.281. The fourth-order valence-corrected chi connectivity index (χ4v) is 4.59. The van der Waals surface area contributed by atoms with E-state index >= 15 is 0 Å². The van der Waals surface area contributed by atoms with Crippen LogP contribution in [0.1, 0.15) is 57.2 Å². The van der Waals surface area contributed by atoms with E-state index < -0.39 is 4.75 Å². The molecule has 3 rings (SSSR count). The van der Waals surface area contributed by atoms with Gasteiger partial charge in [-0.2, -0.15) is 0 Å². The van der Waals surface area contributed by atoms with Gasteiger partial charge in [0.15, 0.2) is 0 Å². The molecule has 1 heterocycles. The predicted octanol–water partition coefficient (Wildman–Crippen LogP) is 6.38. The van der Waals surface area contributed by atoms with E-state index in [1.54, 1.807) is 6.20 Å². The molecule has 0 fully saturated rings. The number of hydrogen-bond donors (Lipinski definition) is 0. The van der Waals surface area contributed by atoms with Gasteiger partial charge in [0.2, 0.25) is 0 Å². The average Bonchev–Trinajstić information content (AvgIpc) is 2.69. The first-order valence-corrected chi connectivity index (χ1v) is 10.9. The number of carbonyl (C=O) groups is 1. The number of fused-ring (bicyclic) bond motifs is 1. The van der Waals surface area contributed by atoms with Crippen molar-refractivity contribution in [3.05, 3.63) is 71.5 Å². The quantitative estimate of drug-likeness (QED) is 0.336. The zero-order valence-corrected chi connectivity index (χ0v) is 18.7. The second-order valence-corrected chi connectivity index (χ2v) is 9.67. The zero-order chi connectivity index (χ0) is 21.0. The van der Waals surface area contributed by atoms with Crippen molar-refractivity contribution in [2.75, 3.05) is 6.61 Å². The third-order valence-electron chi connectivity index (χ3n) is 5.04. The summed E-state index contributed by atoms with van der Waals surface area (Å²) in [6.07, 6.45) is 4.47. The van der Waals surface area contributed by atoms with Crippen LogP contribution < -0.4 is 0 Å². The van der Waals surface area contributed by atoms with Crippen LogP contribution in [0.2, 0.25) is 0 Å². The number of carbonyl (C=O) groups excluding carboxylic acids is 1. The highest BCUT2D eigenvalue weighted by Crippen LogP contribution is 2.37. The topological polar surface area (TPSA) is 39.2 Å². The lowest BCUT2D eigenvalue weighted by molar-refractivity contribution is -0.145. The molecule has 0 atom stereocenters. The molecule has 4 heteroatoms. The number of esters is 1. The van der Waals surface area contributed by atoms with Crippen LogP contribution in [0, 0.1) is 0 Å². The van der Waals surface area contributed by atoms with Crippen LogP contribution in [0.15, 0.2) is 59.8 Å². The van der Waals surface area contributed by atoms with Gasteiger partial charge < -0.3 is 4.74 Å². The van der Waals surface area contributed by atoms with Crippen molar-refractivity contribution in [2.24, 2.45) is 0 Å². The smallest absolute Gasteiger partial charge is 0.321 e. The van der Waals surface area contributed by atoms with Gasteiger partial charge in [-0.05, 0) is 60.2 Å². The largest absolute Gasteiger partial charge is 0.465 e. The van der Waals surface area contributed by atoms with Crippen molar-refractivity contribution in [3.63, 3.8) is 0 Å². The lowest BCUT2D eigenvalue weighted by Crippen LogP contribution is -2.30. The van der Waals surface area contributed by atoms with Crippen LogP contribution in [-0.2, 0) is 16.0 Å². The van der Waals surface area contributed by atoms with Gasteiger partial charge in [0, 0.05) is 23.7 Å². The minimum absolute atomic E-state index is 0.195. The van der Waals surface area contributed by atoms with E-state index in [4.69, 9.17) is 4.74 Å². The molecule has 0 radical (unpaired) electrons. The highest BCUT2D eigenvalue weighted by Gasteiger charge is 2.31. The highest BCUT2D eigenvalue weighted by molar-refractivity contribution is 8.01. The molecular formula is C25H29NO2S. The number of ether oxygens (including phenoxy) is 1. The number of aromatic nitrogens is 1. The number of pyridine rings is 1. The van der Waals surface area contributed by atoms with E-state index in [0.29, 0.717) is 12.5 Å². The lowest BCUT2D eigenvalue weighted by Gasteiger charge is -2.23. The Kier molecular flexibility index (Phi) is 6.63. The molecule has 0 aliphatic carbocycles. The first kappa shape index (κ1) is 21.4. The zero-order valence-electron chi connectivity index (χ0n) is 17.9. The van der Waals surface area contributed by atoms with Crippen LogP contribution in [0.5, 0.6) is 0 Å². The molecule has 0 saturated heterocycles. The molecule has 3 nitrogen and oxygen atoms in total. The minimum Gasteiger partial charge on any atom is -0.465 e. The van der Waals surface area contributed by atoms with E-state index in [2.05, 4.69) is 55.2 Å². The maximum absolute atomic E-state index is 12.4. The molecule has 0 aliphatic rings. The molecule has 29 heavy (non-hydrogen) atoms. The Hall–Kier alpha value is -2.33. The number of rotatable bonds is 7. The molecule has 0 saturated carbocycles. The van der Waals surface area contributed by atoms with Gasteiger partial charge in [0.05, 0.1) is 6.61 Å². The lowest BCUT2D eigenvalue weighted by atomic mass is 9.91. The van der Waals surface area contributed by atoms with Gasteiger partial charge in [-0.1, -0.05) is 50.2 Å². The molecule has 1 aromatic heterocycles. The fraction of sp³-hybridized carbons (Fsp3) is 0.360. The highest BCUT2D eigenvalue weighted by atomic mass is 32.2. The first-order chi connectivity index (χ1) is 13.8. The van der Waals surface area contributed by atoms with Gasteiger partial charge in [-0.25, -0.2) is 0 Å². The maximum atomic E-state index is 12.4. The molecule has 2 aromatic carbocycles. The Labute approximate surface area is 177 Å². The normalized spacial score (nSPS) is 11.8. The Morgan fingerprint density at radius 2 is 1.79 bits per heavy atom. The van der Waals surface area contributed by atoms with Crippen molar-refractivity contribution < 1.29 is 9.53 Å². The van der Waals surface area contributed by atoms with Gasteiger partial charge in [-0.3, -0.25) is 9.78 Å². The van der Waals surface area contributed by atoms with Gasteiger partial charge >= 0.3 is 5.97 Å². The van der Waals surface area contributed by atoms with Crippen molar-refractivity contribution in [1.29, 1.82) is 0 Å². The molecule has 0 unspecified atom stereocenters. The minimum atomic E-state index is -0.657. The van der Waals surface area contributed by atoms with Gasteiger partial charge in [-0.15, -0.1) is 11.8 Å². The van der Waals surface area contributed by atoms with Crippen LogP contribution >= 0.6 is 11.8 Å². The van der Waals surface area contributed by atoms with E-state index in [1.807, 2.05) is 33.0 Å². The fourth-order valence-electron chi connectivity index (χ4n) is 3.52. The summed E-state index contributed by atoms with van der Waals surface area (Å²) >= 11 is 1.54. The van der Waals surface area contributed by atoms with Crippen LogP contribution in [-0.4, -0.2) is 22.3 Å². The second-order valence-electron chi connectivity index (χ2n) is 8.01. The van der Waals surface area contributed by atoms with Crippen molar-refractivity contribution in [2.45, 2.75) is 56.6 Å². The van der Waals surface area contributed by atoms with Crippen LogP contribution in [0.4, 0.5) is 0 Å². The number of hydrogen-bond acceptors (Lipinski definition) is 4. The summed E-state index contributed by atoms with van der Waals surface area (Å²) < 4.78 is 4.60. The molecule has 0 bridgehead atoms. The Bertz CT molecular complexity index is 1010. The van der Waals surface area contributed by atoms with Crippen LogP contribution in [0.3, 0.4) is 0 Å². The average molecular weight is 408 g/mol. The van der Waals surface area contributed by atoms with E-state index in [0.717, 1.165) is 16.9 Å². The maximum Gasteiger partial charge on any atom is 0.321 e. The third-order valence-corrected chi connectivity index (χ3v) is 6.34. The molecule has 3 aromatic rings. The Morgan fingerprint density at radius 3 is 2.48 bits per heavy atom. The second kappa shape index (κ2) is 9.00. The van der Waals surface area contributed by atoms with Gasteiger partial charge in [0.25, 0.3) is 0 Å². The summed E-state index contributed by atoms with van der Waals surface area (Å²) in [4.78, 5) is 17.8. The third kappa shape index (κ3) is 4.81. The summed E-state index contributed by atoms with van der Waals surface area (Å²) in [5, 5.41) is 2.59. The number of thioether (sulfide) groups is 1. The van der Waals surface area contributed by atoms with Crippen molar-refractivity contribution >= 4 is 28.5 Å². The predicted molar refractivity (Wildman–Crippen MR) is 122 cm³/mol. The molecule has 152 valence electrons. The first-order valence-electron chi connectivity index (χ1n) is 10.1. The summed E-state index contributed by atoms with van der Waals surface area (Å²) in [6.45, 7) is 10.5. The molecule has 0 spiro atoms. The Morgan fingerprint density at radius 1 is 1.07 bits per heavy atom. The molecule has 0 N–H and O–H groups in total. The van der Waals surface area contributed by atoms with Gasteiger partial charge in [0.1, 0.15) is 4.75 Å². The Balaban J connectivity index is 1.97. The van der Waals surface area contributed by atoms with E-state index in [-0.39, 0.29) is 5.97 Å². The van der Waals surface area contributed by atoms with Crippen molar-refractivity contribution in [1.82, 2.24) is 4.98 Å². The number of benzene rings is 2. The summed E-state index contributed by atoms with van der Waals surface area (Å²) in [6, 6.07) is 15.1. The summed E-state index contributed by atoms with van der Waals surface area (Å²) in [5.41, 5.74) is 3.76. The van der Waals surface area contributed by atoms with Crippen molar-refractivity contribution in [3.8, 4) is 0 Å². The van der Waals surface area contributed by atoms with Crippen LogP contribution in [0.25, 0.3) is 10.8 Å². The molecular weight excluding hydrogens is 378 g/mol. The van der Waals surface area contributed by atoms with E-state index in [1.165, 1.54) is 33.7 Å².